The number of carbonyl (C=O) groups excluding carboxylic acids is 1. The molecule has 2 aliphatic heterocycles. The van der Waals surface area contributed by atoms with Gasteiger partial charge in [0.1, 0.15) is 11.8 Å². The number of carbonyl (C=O) groups is 2. The van der Waals surface area contributed by atoms with Gasteiger partial charge in [-0.1, -0.05) is 19.1 Å². The van der Waals surface area contributed by atoms with Gasteiger partial charge in [-0.3, -0.25) is 4.55 Å². The molecule has 1 saturated heterocycles. The van der Waals surface area contributed by atoms with Gasteiger partial charge in [-0.25, -0.2) is 9.59 Å². The van der Waals surface area contributed by atoms with Crippen molar-refractivity contribution >= 4 is 22.4 Å². The summed E-state index contributed by atoms with van der Waals surface area (Å²) in [6.07, 6.45) is 0.701. The third-order valence-corrected chi connectivity index (χ3v) is 4.35. The third kappa shape index (κ3) is 3.01. The number of amides is 2. The lowest BCUT2D eigenvalue weighted by atomic mass is 9.90. The second-order valence-electron chi connectivity index (χ2n) is 5.63. The van der Waals surface area contributed by atoms with Gasteiger partial charge in [0.25, 0.3) is 0 Å². The minimum Gasteiger partial charge on any atom is -0.493 e. The summed E-state index contributed by atoms with van der Waals surface area (Å²) in [6.45, 7) is 2.15. The van der Waals surface area contributed by atoms with Crippen LogP contribution in [0, 0.1) is 0 Å². The van der Waals surface area contributed by atoms with Crippen LogP contribution in [0.4, 0.5) is 4.79 Å². The van der Waals surface area contributed by atoms with Crippen LogP contribution < -0.4 is 4.74 Å². The molecule has 0 radical (unpaired) electrons. The Morgan fingerprint density at radius 3 is 2.72 bits per heavy atom. The summed E-state index contributed by atoms with van der Waals surface area (Å²) in [5.41, 5.74) is 0.668. The van der Waals surface area contributed by atoms with E-state index in [9.17, 15) is 23.1 Å². The number of benzene rings is 1. The van der Waals surface area contributed by atoms with E-state index < -0.39 is 34.5 Å². The van der Waals surface area contributed by atoms with Crippen molar-refractivity contribution in [1.29, 1.82) is 0 Å². The smallest absolute Gasteiger partial charge is 0.418 e. The molecule has 2 aliphatic rings. The van der Waals surface area contributed by atoms with Crippen LogP contribution in [0.5, 0.6) is 5.75 Å². The van der Waals surface area contributed by atoms with Crippen molar-refractivity contribution in [3.8, 4) is 5.75 Å². The predicted octanol–water partition coefficient (Wildman–Crippen LogP) is 1.13. The average molecular weight is 372 g/mol. The first kappa shape index (κ1) is 17.5. The second kappa shape index (κ2) is 6.17. The molecule has 2 N–H and O–H groups in total. The number of fused-ring (bicyclic) bond motifs is 4. The first-order valence-corrected chi connectivity index (χ1v) is 8.86. The molecule has 0 saturated carbocycles. The maximum absolute atomic E-state index is 12.4. The lowest BCUT2D eigenvalue weighted by Gasteiger charge is -2.31. The van der Waals surface area contributed by atoms with Crippen LogP contribution >= 0.6 is 0 Å². The number of carboxylic acids is 1. The number of rotatable bonds is 6. The lowest BCUT2D eigenvalue weighted by molar-refractivity contribution is -0.142. The van der Waals surface area contributed by atoms with Crippen LogP contribution in [0.1, 0.15) is 36.6 Å². The SMILES string of the molecule is CCCOc1cccc2c1[C@H]1CN(C(=O)N1OS(=O)(=O)O)C2C(=O)O. The van der Waals surface area contributed by atoms with Crippen LogP contribution in [0.3, 0.4) is 0 Å². The molecular weight excluding hydrogens is 356 g/mol. The summed E-state index contributed by atoms with van der Waals surface area (Å²) in [4.78, 5) is 25.1. The van der Waals surface area contributed by atoms with Gasteiger partial charge in [-0.05, 0) is 18.1 Å². The maximum atomic E-state index is 12.4. The van der Waals surface area contributed by atoms with Gasteiger partial charge in [0.05, 0.1) is 13.2 Å². The largest absolute Gasteiger partial charge is 0.493 e. The minimum atomic E-state index is -4.96. The summed E-state index contributed by atoms with van der Waals surface area (Å²) in [7, 11) is -4.96. The van der Waals surface area contributed by atoms with E-state index in [1.807, 2.05) is 6.92 Å². The maximum Gasteiger partial charge on any atom is 0.418 e. The van der Waals surface area contributed by atoms with Gasteiger partial charge in [0, 0.05) is 5.56 Å². The minimum absolute atomic E-state index is 0.106. The zero-order chi connectivity index (χ0) is 18.4. The quantitative estimate of drug-likeness (QED) is 0.710. The van der Waals surface area contributed by atoms with E-state index >= 15 is 0 Å². The Morgan fingerprint density at radius 2 is 2.12 bits per heavy atom. The summed E-state index contributed by atoms with van der Waals surface area (Å²) in [5.74, 6) is -0.928. The van der Waals surface area contributed by atoms with E-state index in [1.54, 1.807) is 12.1 Å². The van der Waals surface area contributed by atoms with E-state index in [1.165, 1.54) is 6.07 Å². The molecule has 2 heterocycles. The molecule has 0 aromatic heterocycles. The molecule has 10 nitrogen and oxygen atoms in total. The fraction of sp³-hybridized carbons (Fsp3) is 0.429. The van der Waals surface area contributed by atoms with E-state index in [0.29, 0.717) is 35.0 Å². The Morgan fingerprint density at radius 1 is 1.40 bits per heavy atom. The van der Waals surface area contributed by atoms with Crippen molar-refractivity contribution < 1.29 is 36.7 Å². The summed E-state index contributed by atoms with van der Waals surface area (Å²) < 4.78 is 41.1. The molecule has 25 heavy (non-hydrogen) atoms. The Labute approximate surface area is 143 Å². The fourth-order valence-electron chi connectivity index (χ4n) is 3.14. The molecule has 1 aromatic carbocycles. The van der Waals surface area contributed by atoms with Gasteiger partial charge >= 0.3 is 22.4 Å². The van der Waals surface area contributed by atoms with Gasteiger partial charge in [0.15, 0.2) is 6.04 Å². The standard InChI is InChI=1S/C14H16N2O8S/c1-2-6-23-10-5-3-4-8-11(10)9-7-15(12(8)13(17)18)14(19)16(9)24-25(20,21)22/h3-5,9,12H,2,6-7H2,1H3,(H,17,18)(H,20,21,22)/t9-,12?/m1/s1. The number of carboxylic acid groups (broad SMARTS) is 1. The first-order chi connectivity index (χ1) is 11.7. The van der Waals surface area contributed by atoms with E-state index in [-0.39, 0.29) is 6.54 Å². The zero-order valence-electron chi connectivity index (χ0n) is 13.2. The van der Waals surface area contributed by atoms with Crippen molar-refractivity contribution in [2.24, 2.45) is 0 Å². The van der Waals surface area contributed by atoms with Crippen molar-refractivity contribution in [3.05, 3.63) is 29.3 Å². The van der Waals surface area contributed by atoms with E-state index in [0.717, 1.165) is 4.90 Å². The highest BCUT2D eigenvalue weighted by Gasteiger charge is 2.53. The molecular formula is C14H16N2O8S. The summed E-state index contributed by atoms with van der Waals surface area (Å²) >= 11 is 0. The Hall–Kier alpha value is -2.37. The highest BCUT2D eigenvalue weighted by atomic mass is 32.3. The summed E-state index contributed by atoms with van der Waals surface area (Å²) in [5, 5.41) is 10.0. The van der Waals surface area contributed by atoms with Crippen LogP contribution in [-0.4, -0.2) is 53.2 Å². The van der Waals surface area contributed by atoms with Crippen molar-refractivity contribution in [2.75, 3.05) is 13.2 Å². The average Bonchev–Trinajstić information content (AvgIpc) is 2.77. The molecule has 11 heteroatoms. The molecule has 0 aliphatic carbocycles. The normalized spacial score (nSPS) is 22.1. The molecule has 0 spiro atoms. The zero-order valence-corrected chi connectivity index (χ0v) is 14.0. The van der Waals surface area contributed by atoms with Gasteiger partial charge in [-0.2, -0.15) is 13.5 Å². The third-order valence-electron chi connectivity index (χ3n) is 4.00. The highest BCUT2D eigenvalue weighted by Crippen LogP contribution is 2.47. The lowest BCUT2D eigenvalue weighted by Crippen LogP contribution is -2.38. The van der Waals surface area contributed by atoms with Crippen molar-refractivity contribution in [1.82, 2.24) is 9.96 Å². The highest BCUT2D eigenvalue weighted by molar-refractivity contribution is 7.80. The molecule has 136 valence electrons. The first-order valence-electron chi connectivity index (χ1n) is 7.50. The van der Waals surface area contributed by atoms with Crippen LogP contribution in [0.25, 0.3) is 0 Å². The number of hydroxylamine groups is 2. The number of ether oxygens (including phenoxy) is 1. The molecule has 1 aromatic rings. The number of hydrogen-bond donors (Lipinski definition) is 2. The number of hydrogen-bond acceptors (Lipinski definition) is 6. The number of nitrogens with zero attached hydrogens (tertiary/aromatic N) is 2. The Balaban J connectivity index is 2.14. The van der Waals surface area contributed by atoms with Gasteiger partial charge in [-0.15, -0.1) is 4.28 Å². The molecule has 1 fully saturated rings. The van der Waals surface area contributed by atoms with Crippen LogP contribution in [0.2, 0.25) is 0 Å². The van der Waals surface area contributed by atoms with E-state index in [4.69, 9.17) is 9.29 Å². The van der Waals surface area contributed by atoms with Gasteiger partial charge in [0.2, 0.25) is 0 Å². The van der Waals surface area contributed by atoms with Crippen LogP contribution in [-0.2, 0) is 19.5 Å². The fourth-order valence-corrected chi connectivity index (χ4v) is 3.51. The Kier molecular flexibility index (Phi) is 4.31. The van der Waals surface area contributed by atoms with Crippen LogP contribution in [0.15, 0.2) is 18.2 Å². The Bertz CT molecular complexity index is 824. The van der Waals surface area contributed by atoms with E-state index in [2.05, 4.69) is 4.28 Å². The topological polar surface area (TPSA) is 134 Å². The number of urea groups is 1. The monoisotopic (exact) mass is 372 g/mol. The predicted molar refractivity (Wildman–Crippen MR) is 81.9 cm³/mol. The molecule has 2 amide bonds. The molecule has 2 bridgehead atoms. The van der Waals surface area contributed by atoms with Crippen molar-refractivity contribution in [2.45, 2.75) is 25.4 Å². The van der Waals surface area contributed by atoms with Gasteiger partial charge < -0.3 is 14.7 Å². The summed E-state index contributed by atoms with van der Waals surface area (Å²) in [6, 6.07) is 1.55. The number of aliphatic carboxylic acids is 1. The molecule has 1 unspecified atom stereocenters. The van der Waals surface area contributed by atoms with Crippen molar-refractivity contribution in [3.63, 3.8) is 0 Å². The molecule has 2 atom stereocenters. The second-order valence-corrected chi connectivity index (χ2v) is 6.63. The molecule has 3 rings (SSSR count).